The molecule has 0 aromatic heterocycles. The van der Waals surface area contributed by atoms with Crippen molar-refractivity contribution in [1.29, 1.82) is 0 Å². The number of methoxy groups -OCH3 is 1. The Morgan fingerprint density at radius 1 is 1.38 bits per heavy atom. The molecule has 0 saturated carbocycles. The van der Waals surface area contributed by atoms with Crippen molar-refractivity contribution in [2.45, 2.75) is 13.3 Å². The van der Waals surface area contributed by atoms with Gasteiger partial charge < -0.3 is 9.47 Å². The average Bonchev–Trinajstić information content (AvgIpc) is 2.12. The summed E-state index contributed by atoms with van der Waals surface area (Å²) >= 11 is 0. The third-order valence-corrected chi connectivity index (χ3v) is 1.21. The van der Waals surface area contributed by atoms with Crippen LogP contribution in [0.3, 0.4) is 0 Å². The smallest absolute Gasteiger partial charge is 0.327 e. The topological polar surface area (TPSA) is 66.7 Å². The molecule has 0 aromatic carbocycles. The first-order valence-corrected chi connectivity index (χ1v) is 4.05. The summed E-state index contributed by atoms with van der Waals surface area (Å²) in [4.78, 5) is 21.6. The van der Waals surface area contributed by atoms with Gasteiger partial charge in [-0.15, -0.1) is 0 Å². The molecular weight excluding hydrogens is 174 g/mol. The van der Waals surface area contributed by atoms with Crippen LogP contribution in [0.2, 0.25) is 0 Å². The van der Waals surface area contributed by atoms with Crippen molar-refractivity contribution in [3.05, 3.63) is 0 Å². The average molecular weight is 188 g/mol. The molecule has 1 radical (unpaired) electrons. The summed E-state index contributed by atoms with van der Waals surface area (Å²) < 4.78 is 9.25. The Bertz CT molecular complexity index is 170. The highest BCUT2D eigenvalue weighted by molar-refractivity contribution is 5.81. The SMILES string of the molecule is CCOC(=O)C[N]C(=O)CCOC. The molecular formula is C8H14NO4. The summed E-state index contributed by atoms with van der Waals surface area (Å²) in [5.41, 5.74) is 0. The summed E-state index contributed by atoms with van der Waals surface area (Å²) in [5, 5.41) is 3.49. The second-order valence-corrected chi connectivity index (χ2v) is 2.26. The number of amides is 1. The zero-order valence-electron chi connectivity index (χ0n) is 7.91. The van der Waals surface area contributed by atoms with Crippen molar-refractivity contribution in [2.24, 2.45) is 0 Å². The van der Waals surface area contributed by atoms with Gasteiger partial charge in [0.05, 0.1) is 19.6 Å². The van der Waals surface area contributed by atoms with E-state index < -0.39 is 5.97 Å². The summed E-state index contributed by atoms with van der Waals surface area (Å²) in [7, 11) is 1.50. The van der Waals surface area contributed by atoms with Crippen LogP contribution in [0.5, 0.6) is 0 Å². The van der Waals surface area contributed by atoms with Gasteiger partial charge in [0.15, 0.2) is 0 Å². The minimum Gasteiger partial charge on any atom is -0.465 e. The van der Waals surface area contributed by atoms with E-state index in [0.717, 1.165) is 0 Å². The van der Waals surface area contributed by atoms with Crippen LogP contribution in [-0.4, -0.2) is 38.7 Å². The summed E-state index contributed by atoms with van der Waals surface area (Å²) in [6.45, 7) is 2.13. The molecule has 0 rings (SSSR count). The van der Waals surface area contributed by atoms with E-state index in [-0.39, 0.29) is 18.9 Å². The lowest BCUT2D eigenvalue weighted by molar-refractivity contribution is -0.143. The Kier molecular flexibility index (Phi) is 6.91. The van der Waals surface area contributed by atoms with Gasteiger partial charge in [0, 0.05) is 7.11 Å². The third-order valence-electron chi connectivity index (χ3n) is 1.21. The Morgan fingerprint density at radius 3 is 2.62 bits per heavy atom. The highest BCUT2D eigenvalue weighted by Crippen LogP contribution is 1.83. The highest BCUT2D eigenvalue weighted by Gasteiger charge is 2.06. The van der Waals surface area contributed by atoms with E-state index in [1.54, 1.807) is 6.92 Å². The summed E-state index contributed by atoms with van der Waals surface area (Å²) in [6, 6.07) is 0. The number of carbonyl (C=O) groups is 2. The minimum absolute atomic E-state index is 0.198. The molecule has 0 spiro atoms. The Morgan fingerprint density at radius 2 is 2.08 bits per heavy atom. The number of carbonyl (C=O) groups excluding carboxylic acids is 2. The molecule has 75 valence electrons. The molecule has 0 fully saturated rings. The zero-order chi connectivity index (χ0) is 10.1. The van der Waals surface area contributed by atoms with E-state index >= 15 is 0 Å². The van der Waals surface area contributed by atoms with E-state index in [1.807, 2.05) is 0 Å². The number of nitrogens with zero attached hydrogens (tertiary/aromatic N) is 1. The zero-order valence-corrected chi connectivity index (χ0v) is 7.91. The molecule has 0 atom stereocenters. The molecule has 0 aliphatic heterocycles. The van der Waals surface area contributed by atoms with Gasteiger partial charge in [-0.3, -0.25) is 9.59 Å². The third kappa shape index (κ3) is 7.27. The van der Waals surface area contributed by atoms with E-state index in [4.69, 9.17) is 0 Å². The van der Waals surface area contributed by atoms with Gasteiger partial charge in [-0.2, -0.15) is 0 Å². The first-order valence-electron chi connectivity index (χ1n) is 4.05. The lowest BCUT2D eigenvalue weighted by Crippen LogP contribution is -2.25. The van der Waals surface area contributed by atoms with Gasteiger partial charge in [0.25, 0.3) is 0 Å². The lowest BCUT2D eigenvalue weighted by Gasteiger charge is -2.01. The maximum Gasteiger partial charge on any atom is 0.327 e. The fraction of sp³-hybridized carbons (Fsp3) is 0.750. The Hall–Kier alpha value is -1.10. The normalized spacial score (nSPS) is 9.38. The Balaban J connectivity index is 3.40. The molecule has 1 amide bonds. The summed E-state index contributed by atoms with van der Waals surface area (Å²) in [5.74, 6) is -0.817. The van der Waals surface area contributed by atoms with E-state index in [2.05, 4.69) is 14.8 Å². The predicted octanol–water partition coefficient (Wildman–Crippen LogP) is -0.283. The van der Waals surface area contributed by atoms with Crippen LogP contribution in [0.4, 0.5) is 0 Å². The predicted molar refractivity (Wildman–Crippen MR) is 45.1 cm³/mol. The number of ether oxygens (including phenoxy) is 2. The molecule has 5 heteroatoms. The molecule has 5 nitrogen and oxygen atoms in total. The van der Waals surface area contributed by atoms with Gasteiger partial charge in [-0.1, -0.05) is 0 Å². The molecule has 0 N–H and O–H groups in total. The molecule has 0 unspecified atom stereocenters. The van der Waals surface area contributed by atoms with E-state index in [1.165, 1.54) is 7.11 Å². The Labute approximate surface area is 77.4 Å². The van der Waals surface area contributed by atoms with Crippen LogP contribution >= 0.6 is 0 Å². The number of esters is 1. The number of rotatable bonds is 6. The van der Waals surface area contributed by atoms with Crippen molar-refractivity contribution in [3.63, 3.8) is 0 Å². The molecule has 13 heavy (non-hydrogen) atoms. The molecule has 0 saturated heterocycles. The van der Waals surface area contributed by atoms with Crippen molar-refractivity contribution in [3.8, 4) is 0 Å². The monoisotopic (exact) mass is 188 g/mol. The second-order valence-electron chi connectivity index (χ2n) is 2.26. The fourth-order valence-corrected chi connectivity index (χ4v) is 0.628. The van der Waals surface area contributed by atoms with Crippen molar-refractivity contribution in [2.75, 3.05) is 26.9 Å². The van der Waals surface area contributed by atoms with Crippen molar-refractivity contribution in [1.82, 2.24) is 5.32 Å². The molecule has 0 bridgehead atoms. The maximum atomic E-state index is 10.9. The number of hydrogen-bond acceptors (Lipinski definition) is 4. The first-order chi connectivity index (χ1) is 6.20. The van der Waals surface area contributed by atoms with Crippen LogP contribution in [0.25, 0.3) is 0 Å². The fourth-order valence-electron chi connectivity index (χ4n) is 0.628. The molecule has 0 heterocycles. The van der Waals surface area contributed by atoms with Gasteiger partial charge in [0.1, 0.15) is 6.54 Å². The number of hydrogen-bond donors (Lipinski definition) is 0. The van der Waals surface area contributed by atoms with Gasteiger partial charge >= 0.3 is 5.97 Å². The second kappa shape index (κ2) is 7.54. The summed E-state index contributed by atoms with van der Waals surface area (Å²) in [6.07, 6.45) is 0.204. The first kappa shape index (κ1) is 11.9. The minimum atomic E-state index is -0.478. The highest BCUT2D eigenvalue weighted by atomic mass is 16.5. The maximum absolute atomic E-state index is 10.9. The quantitative estimate of drug-likeness (QED) is 0.537. The van der Waals surface area contributed by atoms with Gasteiger partial charge in [-0.25, -0.2) is 5.32 Å². The van der Waals surface area contributed by atoms with E-state index in [9.17, 15) is 9.59 Å². The largest absolute Gasteiger partial charge is 0.465 e. The molecule has 0 aliphatic rings. The molecule has 0 aliphatic carbocycles. The van der Waals surface area contributed by atoms with Gasteiger partial charge in [-0.05, 0) is 6.92 Å². The van der Waals surface area contributed by atoms with Crippen LogP contribution in [0.1, 0.15) is 13.3 Å². The standard InChI is InChI=1S/C8H14NO4/c1-3-13-8(11)6-9-7(10)4-5-12-2/h3-6H2,1-2H3. The van der Waals surface area contributed by atoms with Crippen LogP contribution < -0.4 is 5.32 Å². The van der Waals surface area contributed by atoms with Crippen LogP contribution in [0.15, 0.2) is 0 Å². The molecule has 0 aromatic rings. The van der Waals surface area contributed by atoms with Crippen molar-refractivity contribution < 1.29 is 19.1 Å². The van der Waals surface area contributed by atoms with Crippen LogP contribution in [-0.2, 0) is 19.1 Å². The van der Waals surface area contributed by atoms with E-state index in [0.29, 0.717) is 13.2 Å². The lowest BCUT2D eigenvalue weighted by atomic mass is 10.4. The van der Waals surface area contributed by atoms with Crippen molar-refractivity contribution >= 4 is 11.9 Å². The van der Waals surface area contributed by atoms with Crippen LogP contribution in [0, 0.1) is 0 Å². The van der Waals surface area contributed by atoms with Gasteiger partial charge in [0.2, 0.25) is 5.91 Å².